The van der Waals surface area contributed by atoms with Crippen molar-refractivity contribution in [3.8, 4) is 0 Å². The molecule has 0 bridgehead atoms. The van der Waals surface area contributed by atoms with Gasteiger partial charge in [-0.15, -0.1) is 10.2 Å². The molecule has 1 aliphatic rings. The summed E-state index contributed by atoms with van der Waals surface area (Å²) in [6.45, 7) is 9.54. The van der Waals surface area contributed by atoms with Gasteiger partial charge in [0.25, 0.3) is 11.5 Å². The quantitative estimate of drug-likeness (QED) is 0.548. The van der Waals surface area contributed by atoms with Crippen molar-refractivity contribution in [3.63, 3.8) is 0 Å². The highest BCUT2D eigenvalue weighted by Gasteiger charge is 2.21. The Bertz CT molecular complexity index is 1320. The summed E-state index contributed by atoms with van der Waals surface area (Å²) in [6, 6.07) is 1.66. The van der Waals surface area contributed by atoms with Crippen molar-refractivity contribution in [1.29, 1.82) is 0 Å². The minimum atomic E-state index is -0.601. The average Bonchev–Trinajstić information content (AvgIpc) is 3.01. The molecule has 0 saturated heterocycles. The average molecular weight is 468 g/mol. The molecule has 0 aromatic carbocycles. The molecule has 1 aliphatic heterocycles. The van der Waals surface area contributed by atoms with Crippen LogP contribution in [0.5, 0.6) is 0 Å². The van der Waals surface area contributed by atoms with Crippen molar-refractivity contribution in [2.24, 2.45) is 5.92 Å². The second kappa shape index (κ2) is 9.90. The number of carbonyl (C=O) groups excluding carboxylic acids is 1. The molecule has 10 nitrogen and oxygen atoms in total. The Morgan fingerprint density at radius 3 is 2.68 bits per heavy atom. The first-order chi connectivity index (χ1) is 16.3. The number of H-pyrrole nitrogens is 1. The summed E-state index contributed by atoms with van der Waals surface area (Å²) >= 11 is 0. The summed E-state index contributed by atoms with van der Waals surface area (Å²) in [6.07, 6.45) is 4.89. The lowest BCUT2D eigenvalue weighted by atomic mass is 10.0. The highest BCUT2D eigenvalue weighted by Crippen LogP contribution is 2.20. The molecule has 182 valence electrons. The van der Waals surface area contributed by atoms with Crippen LogP contribution in [0.4, 0.5) is 0 Å². The van der Waals surface area contributed by atoms with Gasteiger partial charge in [0.1, 0.15) is 11.6 Å². The highest BCUT2D eigenvalue weighted by molar-refractivity contribution is 6.05. The predicted octanol–water partition coefficient (Wildman–Crippen LogP) is 2.15. The van der Waals surface area contributed by atoms with E-state index < -0.39 is 11.2 Å². The van der Waals surface area contributed by atoms with Crippen molar-refractivity contribution in [1.82, 2.24) is 34.6 Å². The number of carbonyl (C=O) groups is 1. The molecular formula is C24H33N7O3. The Balaban J connectivity index is 1.65. The summed E-state index contributed by atoms with van der Waals surface area (Å²) in [5.74, 6) is 1.68. The predicted molar refractivity (Wildman–Crippen MR) is 129 cm³/mol. The van der Waals surface area contributed by atoms with E-state index in [0.717, 1.165) is 37.5 Å². The summed E-state index contributed by atoms with van der Waals surface area (Å²) in [5, 5.41) is 11.7. The summed E-state index contributed by atoms with van der Waals surface area (Å²) in [5.41, 5.74) is 0.0197. The number of hydrogen-bond acceptors (Lipinski definition) is 6. The third-order valence-electron chi connectivity index (χ3n) is 6.17. The number of rotatable bonds is 7. The molecule has 4 heterocycles. The van der Waals surface area contributed by atoms with Crippen molar-refractivity contribution in [2.45, 2.75) is 78.8 Å². The molecular weight excluding hydrogens is 434 g/mol. The normalized spacial score (nSPS) is 13.9. The van der Waals surface area contributed by atoms with Crippen LogP contribution in [0.1, 0.15) is 80.6 Å². The van der Waals surface area contributed by atoms with Gasteiger partial charge in [-0.2, -0.15) is 0 Å². The molecule has 0 aliphatic carbocycles. The van der Waals surface area contributed by atoms with E-state index in [0.29, 0.717) is 25.2 Å². The van der Waals surface area contributed by atoms with Crippen molar-refractivity contribution in [2.75, 3.05) is 6.54 Å². The molecule has 3 aromatic heterocycles. The van der Waals surface area contributed by atoms with Crippen LogP contribution in [0, 0.1) is 5.92 Å². The van der Waals surface area contributed by atoms with E-state index in [2.05, 4.69) is 30.0 Å². The standard InChI is InChI=1S/C24H33N7O3/c1-14(2)13-31-21-20(23(33)27-24(31)34)16(12-17(26-21)15(3)4)22(32)25-10-9-19-29-28-18-8-6-5-7-11-30(18)19/h12,14-15H,5-11,13H2,1-4H3,(H,25,32)(H,27,33,34). The van der Waals surface area contributed by atoms with Gasteiger partial charge in [-0.05, 0) is 30.7 Å². The van der Waals surface area contributed by atoms with Crippen LogP contribution in [0.3, 0.4) is 0 Å². The number of nitrogens with zero attached hydrogens (tertiary/aromatic N) is 5. The Labute approximate surface area is 197 Å². The largest absolute Gasteiger partial charge is 0.352 e. The van der Waals surface area contributed by atoms with Crippen LogP contribution in [-0.2, 0) is 25.9 Å². The van der Waals surface area contributed by atoms with Gasteiger partial charge in [-0.25, -0.2) is 9.78 Å². The Hall–Kier alpha value is -3.30. The maximum Gasteiger partial charge on any atom is 0.330 e. The molecule has 0 saturated carbocycles. The number of aromatic nitrogens is 6. The van der Waals surface area contributed by atoms with Crippen LogP contribution in [0.2, 0.25) is 0 Å². The fourth-order valence-electron chi connectivity index (χ4n) is 4.42. The number of fused-ring (bicyclic) bond motifs is 2. The molecule has 0 spiro atoms. The van der Waals surface area contributed by atoms with E-state index >= 15 is 0 Å². The number of aryl methyl sites for hydroxylation is 1. The van der Waals surface area contributed by atoms with E-state index in [1.54, 1.807) is 6.07 Å². The Kier molecular flexibility index (Phi) is 6.95. The molecule has 0 unspecified atom stereocenters. The second-order valence-electron chi connectivity index (χ2n) is 9.71. The Morgan fingerprint density at radius 2 is 1.94 bits per heavy atom. The van der Waals surface area contributed by atoms with Gasteiger partial charge < -0.3 is 9.88 Å². The molecule has 4 rings (SSSR count). The smallest absolute Gasteiger partial charge is 0.330 e. The minimum absolute atomic E-state index is 0.0179. The van der Waals surface area contributed by atoms with Crippen LogP contribution < -0.4 is 16.6 Å². The van der Waals surface area contributed by atoms with Crippen molar-refractivity contribution in [3.05, 3.63) is 49.8 Å². The van der Waals surface area contributed by atoms with Gasteiger partial charge in [-0.3, -0.25) is 19.1 Å². The first-order valence-corrected chi connectivity index (χ1v) is 12.1. The molecule has 0 atom stereocenters. The molecule has 1 amide bonds. The van der Waals surface area contributed by atoms with Gasteiger partial charge in [-0.1, -0.05) is 34.1 Å². The summed E-state index contributed by atoms with van der Waals surface area (Å²) < 4.78 is 3.61. The van der Waals surface area contributed by atoms with E-state index in [9.17, 15) is 14.4 Å². The van der Waals surface area contributed by atoms with Crippen LogP contribution in [0.25, 0.3) is 11.0 Å². The molecule has 10 heteroatoms. The Morgan fingerprint density at radius 1 is 1.15 bits per heavy atom. The van der Waals surface area contributed by atoms with Gasteiger partial charge in [0, 0.05) is 38.2 Å². The van der Waals surface area contributed by atoms with Crippen molar-refractivity contribution < 1.29 is 4.79 Å². The number of nitrogens with one attached hydrogen (secondary N) is 2. The zero-order valence-electron chi connectivity index (χ0n) is 20.3. The third kappa shape index (κ3) is 4.80. The number of pyridine rings is 1. The third-order valence-corrected chi connectivity index (χ3v) is 6.17. The maximum absolute atomic E-state index is 13.3. The highest BCUT2D eigenvalue weighted by atomic mass is 16.2. The molecule has 0 radical (unpaired) electrons. The van der Waals surface area contributed by atoms with Gasteiger partial charge in [0.15, 0.2) is 5.65 Å². The zero-order chi connectivity index (χ0) is 24.4. The molecule has 2 N–H and O–H groups in total. The number of hydrogen-bond donors (Lipinski definition) is 2. The first-order valence-electron chi connectivity index (χ1n) is 12.1. The summed E-state index contributed by atoms with van der Waals surface area (Å²) in [4.78, 5) is 45.6. The van der Waals surface area contributed by atoms with Gasteiger partial charge in [0.05, 0.1) is 10.9 Å². The summed E-state index contributed by atoms with van der Waals surface area (Å²) in [7, 11) is 0. The van der Waals surface area contributed by atoms with E-state index in [-0.39, 0.29) is 34.3 Å². The van der Waals surface area contributed by atoms with E-state index in [1.807, 2.05) is 27.7 Å². The SMILES string of the molecule is CC(C)Cn1c(=O)[nH]c(=O)c2c(C(=O)NCCc3nnc4n3CCCCC4)cc(C(C)C)nc21. The van der Waals surface area contributed by atoms with Gasteiger partial charge >= 0.3 is 5.69 Å². The lowest BCUT2D eigenvalue weighted by Crippen LogP contribution is -2.35. The fraction of sp³-hybridized carbons (Fsp3) is 0.583. The topological polar surface area (TPSA) is 128 Å². The van der Waals surface area contributed by atoms with Gasteiger partial charge in [0.2, 0.25) is 0 Å². The maximum atomic E-state index is 13.3. The monoisotopic (exact) mass is 467 g/mol. The number of amides is 1. The lowest BCUT2D eigenvalue weighted by molar-refractivity contribution is 0.0955. The van der Waals surface area contributed by atoms with Crippen LogP contribution in [0.15, 0.2) is 15.7 Å². The molecule has 0 fully saturated rings. The van der Waals surface area contributed by atoms with Crippen molar-refractivity contribution >= 4 is 16.9 Å². The minimum Gasteiger partial charge on any atom is -0.352 e. The molecule has 34 heavy (non-hydrogen) atoms. The van der Waals surface area contributed by atoms with E-state index in [1.165, 1.54) is 11.0 Å². The van der Waals surface area contributed by atoms with Crippen LogP contribution >= 0.6 is 0 Å². The lowest BCUT2D eigenvalue weighted by Gasteiger charge is -2.16. The number of aromatic amines is 1. The molecule has 3 aromatic rings. The van der Waals surface area contributed by atoms with E-state index in [4.69, 9.17) is 0 Å². The zero-order valence-corrected chi connectivity index (χ0v) is 20.3. The van der Waals surface area contributed by atoms with Crippen LogP contribution in [-0.4, -0.2) is 41.8 Å². The fourth-order valence-corrected chi connectivity index (χ4v) is 4.42. The second-order valence-corrected chi connectivity index (χ2v) is 9.71. The first kappa shape index (κ1) is 23.8.